The minimum absolute atomic E-state index is 0.164. The zero-order chi connectivity index (χ0) is 9.72. The molecule has 1 amide bonds. The van der Waals surface area contributed by atoms with Gasteiger partial charge in [0.2, 0.25) is 5.91 Å². The van der Waals surface area contributed by atoms with E-state index in [1.165, 1.54) is 0 Å². The Morgan fingerprint density at radius 3 is 2.25 bits per heavy atom. The molecule has 68 valence electrons. The number of carbonyl (C=O) groups is 2. The highest BCUT2D eigenvalue weighted by atomic mass is 16.4. The number of nitrogens with two attached hydrogens (primary N) is 1. The molecule has 0 aromatic carbocycles. The third-order valence-corrected chi connectivity index (χ3v) is 1.24. The number of rotatable bonds is 4. The monoisotopic (exact) mass is 171 g/mol. The lowest BCUT2D eigenvalue weighted by atomic mass is 10.0. The summed E-state index contributed by atoms with van der Waals surface area (Å²) in [5.41, 5.74) is 5.13. The standard InChI is InChI=1S/C8H13NO3/c1-5(2)3-6(8(9)12)4-7(10)11/h4-5H,3H2,1-2H3,(H2,9,12)(H,10,11)/b6-4-. The van der Waals surface area contributed by atoms with Crippen molar-refractivity contribution in [3.63, 3.8) is 0 Å². The lowest BCUT2D eigenvalue weighted by molar-refractivity contribution is -0.131. The number of primary amides is 1. The van der Waals surface area contributed by atoms with Crippen molar-refractivity contribution in [3.8, 4) is 0 Å². The first-order valence-corrected chi connectivity index (χ1v) is 3.66. The average molecular weight is 171 g/mol. The predicted molar refractivity (Wildman–Crippen MR) is 44.4 cm³/mol. The third-order valence-electron chi connectivity index (χ3n) is 1.24. The van der Waals surface area contributed by atoms with Crippen LogP contribution in [0.2, 0.25) is 0 Å². The number of carbonyl (C=O) groups excluding carboxylic acids is 1. The second kappa shape index (κ2) is 4.54. The molecule has 0 aromatic heterocycles. The molecule has 0 atom stereocenters. The lowest BCUT2D eigenvalue weighted by Gasteiger charge is -2.04. The fourth-order valence-corrected chi connectivity index (χ4v) is 0.820. The Labute approximate surface area is 71.1 Å². The molecule has 0 aliphatic rings. The van der Waals surface area contributed by atoms with E-state index in [-0.39, 0.29) is 11.5 Å². The van der Waals surface area contributed by atoms with Crippen LogP contribution < -0.4 is 5.73 Å². The fourth-order valence-electron chi connectivity index (χ4n) is 0.820. The van der Waals surface area contributed by atoms with Gasteiger partial charge in [-0.3, -0.25) is 4.79 Å². The van der Waals surface area contributed by atoms with Crippen LogP contribution in [0.4, 0.5) is 0 Å². The highest BCUT2D eigenvalue weighted by molar-refractivity contribution is 5.97. The Hall–Kier alpha value is -1.32. The maximum absolute atomic E-state index is 10.7. The van der Waals surface area contributed by atoms with Crippen LogP contribution in [0, 0.1) is 5.92 Å². The van der Waals surface area contributed by atoms with Crippen LogP contribution >= 0.6 is 0 Å². The molecule has 3 N–H and O–H groups in total. The summed E-state index contributed by atoms with van der Waals surface area (Å²) in [5, 5.41) is 8.36. The smallest absolute Gasteiger partial charge is 0.328 e. The quantitative estimate of drug-likeness (QED) is 0.605. The normalized spacial score (nSPS) is 11.8. The molecule has 4 heteroatoms. The molecule has 4 nitrogen and oxygen atoms in total. The number of amides is 1. The molecular weight excluding hydrogens is 158 g/mol. The Bertz CT molecular complexity index is 218. The van der Waals surface area contributed by atoms with E-state index in [1.807, 2.05) is 13.8 Å². The molecule has 12 heavy (non-hydrogen) atoms. The van der Waals surface area contributed by atoms with Gasteiger partial charge in [-0.2, -0.15) is 0 Å². The summed E-state index contributed by atoms with van der Waals surface area (Å²) in [6.45, 7) is 3.78. The predicted octanol–water partition coefficient (Wildman–Crippen LogP) is 0.529. The van der Waals surface area contributed by atoms with Crippen LogP contribution in [0.5, 0.6) is 0 Å². The molecule has 0 unspecified atom stereocenters. The molecule has 0 radical (unpaired) electrons. The summed E-state index contributed by atoms with van der Waals surface area (Å²) in [6, 6.07) is 0. The molecule has 0 rings (SSSR count). The van der Waals surface area contributed by atoms with Gasteiger partial charge in [-0.25, -0.2) is 4.79 Å². The molecule has 0 saturated carbocycles. The van der Waals surface area contributed by atoms with Gasteiger partial charge in [0, 0.05) is 11.6 Å². The van der Waals surface area contributed by atoms with Crippen LogP contribution in [-0.4, -0.2) is 17.0 Å². The Morgan fingerprint density at radius 2 is 2.00 bits per heavy atom. The summed E-state index contributed by atoms with van der Waals surface area (Å²) in [5.74, 6) is -1.57. The zero-order valence-corrected chi connectivity index (χ0v) is 7.20. The molecule has 0 aromatic rings. The van der Waals surface area contributed by atoms with E-state index >= 15 is 0 Å². The Kier molecular flexibility index (Phi) is 4.04. The fraction of sp³-hybridized carbons (Fsp3) is 0.500. The maximum Gasteiger partial charge on any atom is 0.328 e. The van der Waals surface area contributed by atoms with Crippen molar-refractivity contribution < 1.29 is 14.7 Å². The summed E-state index contributed by atoms with van der Waals surface area (Å²) >= 11 is 0. The van der Waals surface area contributed by atoms with Gasteiger partial charge in [0.25, 0.3) is 0 Å². The van der Waals surface area contributed by atoms with E-state index in [2.05, 4.69) is 0 Å². The molecule has 0 bridgehead atoms. The van der Waals surface area contributed by atoms with Gasteiger partial charge in [-0.15, -0.1) is 0 Å². The first-order valence-electron chi connectivity index (χ1n) is 3.66. The minimum Gasteiger partial charge on any atom is -0.478 e. The van der Waals surface area contributed by atoms with E-state index < -0.39 is 11.9 Å². The van der Waals surface area contributed by atoms with Crippen LogP contribution in [0.25, 0.3) is 0 Å². The van der Waals surface area contributed by atoms with Gasteiger partial charge in [-0.1, -0.05) is 13.8 Å². The topological polar surface area (TPSA) is 80.4 Å². The van der Waals surface area contributed by atoms with Crippen molar-refractivity contribution >= 4 is 11.9 Å². The molecule has 0 spiro atoms. The number of hydrogen-bond donors (Lipinski definition) is 2. The summed E-state index contributed by atoms with van der Waals surface area (Å²) < 4.78 is 0. The van der Waals surface area contributed by atoms with Crippen molar-refractivity contribution in [3.05, 3.63) is 11.6 Å². The molecule has 0 fully saturated rings. The summed E-state index contributed by atoms with van der Waals surface area (Å²) in [4.78, 5) is 20.9. The molecule has 0 saturated heterocycles. The van der Waals surface area contributed by atoms with E-state index in [0.29, 0.717) is 6.42 Å². The van der Waals surface area contributed by atoms with Gasteiger partial charge >= 0.3 is 5.97 Å². The van der Waals surface area contributed by atoms with E-state index in [4.69, 9.17) is 10.8 Å². The summed E-state index contributed by atoms with van der Waals surface area (Å²) in [7, 11) is 0. The number of hydrogen-bond acceptors (Lipinski definition) is 2. The van der Waals surface area contributed by atoms with Crippen LogP contribution in [0.3, 0.4) is 0 Å². The molecule has 0 aliphatic heterocycles. The average Bonchev–Trinajstić information content (AvgIpc) is 1.83. The van der Waals surface area contributed by atoms with Crippen LogP contribution in [-0.2, 0) is 9.59 Å². The number of aliphatic carboxylic acids is 1. The lowest BCUT2D eigenvalue weighted by Crippen LogP contribution is -2.16. The largest absolute Gasteiger partial charge is 0.478 e. The van der Waals surface area contributed by atoms with Gasteiger partial charge < -0.3 is 10.8 Å². The van der Waals surface area contributed by atoms with Crippen molar-refractivity contribution in [2.24, 2.45) is 11.7 Å². The maximum atomic E-state index is 10.7. The number of carboxylic acid groups (broad SMARTS) is 1. The molecule has 0 aliphatic carbocycles. The Balaban J connectivity index is 4.44. The van der Waals surface area contributed by atoms with Crippen LogP contribution in [0.1, 0.15) is 20.3 Å². The van der Waals surface area contributed by atoms with E-state index in [1.54, 1.807) is 0 Å². The zero-order valence-electron chi connectivity index (χ0n) is 7.20. The van der Waals surface area contributed by atoms with Crippen molar-refractivity contribution in [1.29, 1.82) is 0 Å². The number of carboxylic acids is 1. The van der Waals surface area contributed by atoms with Crippen LogP contribution in [0.15, 0.2) is 11.6 Å². The third kappa shape index (κ3) is 4.49. The van der Waals surface area contributed by atoms with Gasteiger partial charge in [-0.05, 0) is 12.3 Å². The minimum atomic E-state index is -1.13. The van der Waals surface area contributed by atoms with Gasteiger partial charge in [0.1, 0.15) is 0 Å². The first-order chi connectivity index (χ1) is 5.43. The van der Waals surface area contributed by atoms with Gasteiger partial charge in [0.15, 0.2) is 0 Å². The second-order valence-corrected chi connectivity index (χ2v) is 2.97. The molecule has 0 heterocycles. The van der Waals surface area contributed by atoms with Crippen molar-refractivity contribution in [2.75, 3.05) is 0 Å². The van der Waals surface area contributed by atoms with Gasteiger partial charge in [0.05, 0.1) is 0 Å². The summed E-state index contributed by atoms with van der Waals surface area (Å²) in [6.07, 6.45) is 1.27. The Morgan fingerprint density at radius 1 is 1.50 bits per heavy atom. The highest BCUT2D eigenvalue weighted by Gasteiger charge is 2.08. The van der Waals surface area contributed by atoms with Crippen molar-refractivity contribution in [2.45, 2.75) is 20.3 Å². The second-order valence-electron chi connectivity index (χ2n) is 2.97. The molecular formula is C8H13NO3. The highest BCUT2D eigenvalue weighted by Crippen LogP contribution is 2.09. The van der Waals surface area contributed by atoms with E-state index in [0.717, 1.165) is 6.08 Å². The first kappa shape index (κ1) is 10.7. The van der Waals surface area contributed by atoms with Crippen molar-refractivity contribution in [1.82, 2.24) is 0 Å². The van der Waals surface area contributed by atoms with E-state index in [9.17, 15) is 9.59 Å². The SMILES string of the molecule is CC(C)C/C(=C/C(=O)O)C(N)=O.